The molecule has 0 saturated heterocycles. The van der Waals surface area contributed by atoms with E-state index in [9.17, 15) is 23.3 Å². The van der Waals surface area contributed by atoms with E-state index in [0.29, 0.717) is 6.42 Å². The molecule has 36 heavy (non-hydrogen) atoms. The maximum Gasteiger partial charge on any atom is 0.269 e. The summed E-state index contributed by atoms with van der Waals surface area (Å²) in [5.41, 5.74) is 3.66. The lowest BCUT2D eigenvalue weighted by Crippen LogP contribution is -2.42. The average Bonchev–Trinajstić information content (AvgIpc) is 2.90. The van der Waals surface area contributed by atoms with E-state index in [2.05, 4.69) is 17.4 Å². The third-order valence-electron chi connectivity index (χ3n) is 6.49. The summed E-state index contributed by atoms with van der Waals surface area (Å²) in [6.07, 6.45) is 5.08. The quantitative estimate of drug-likeness (QED) is 0.326. The molecular formula is C27H29N3O5S. The minimum Gasteiger partial charge on any atom is -0.348 e. The fraction of sp³-hybridized carbons (Fsp3) is 0.296. The predicted molar refractivity (Wildman–Crippen MR) is 138 cm³/mol. The molecule has 0 fully saturated rings. The van der Waals surface area contributed by atoms with Gasteiger partial charge in [-0.05, 0) is 73.1 Å². The van der Waals surface area contributed by atoms with Crippen molar-refractivity contribution in [2.75, 3.05) is 10.8 Å². The van der Waals surface area contributed by atoms with Crippen molar-refractivity contribution in [1.29, 1.82) is 0 Å². The van der Waals surface area contributed by atoms with E-state index < -0.39 is 27.4 Å². The molecule has 0 spiro atoms. The van der Waals surface area contributed by atoms with Crippen LogP contribution in [-0.4, -0.2) is 25.8 Å². The number of non-ortho nitro benzene ring substituents is 1. The Bertz CT molecular complexity index is 1340. The number of sulfonamides is 1. The van der Waals surface area contributed by atoms with Crippen LogP contribution in [0.15, 0.2) is 77.7 Å². The van der Waals surface area contributed by atoms with Crippen LogP contribution in [0.4, 0.5) is 11.4 Å². The number of hydrogen-bond acceptors (Lipinski definition) is 5. The molecule has 0 aliphatic heterocycles. The molecule has 0 radical (unpaired) electrons. The van der Waals surface area contributed by atoms with Gasteiger partial charge in [0.15, 0.2) is 0 Å². The molecule has 1 aliphatic rings. The molecule has 1 atom stereocenters. The van der Waals surface area contributed by atoms with Gasteiger partial charge in [-0.2, -0.15) is 0 Å². The summed E-state index contributed by atoms with van der Waals surface area (Å²) < 4.78 is 28.0. The van der Waals surface area contributed by atoms with Gasteiger partial charge in [-0.3, -0.25) is 19.2 Å². The number of nitro benzene ring substituents is 1. The fourth-order valence-electron chi connectivity index (χ4n) is 4.54. The highest BCUT2D eigenvalue weighted by atomic mass is 32.2. The highest BCUT2D eigenvalue weighted by Crippen LogP contribution is 2.28. The first-order valence-corrected chi connectivity index (χ1v) is 13.5. The standard InChI is InChI=1S/C27H29N3O5S/c1-2-26(22-13-12-20-8-6-7-9-21(20)18-22)28-27(31)19-29(23-14-16-24(17-15-23)30(32)33)36(34,35)25-10-4-3-5-11-25/h3-5,10-18,26H,2,6-9,19H2,1H3,(H,28,31). The molecule has 1 aliphatic carbocycles. The Labute approximate surface area is 211 Å². The normalized spacial score (nSPS) is 13.9. The third-order valence-corrected chi connectivity index (χ3v) is 8.27. The minimum absolute atomic E-state index is 0.0258. The van der Waals surface area contributed by atoms with Crippen LogP contribution in [0.5, 0.6) is 0 Å². The van der Waals surface area contributed by atoms with E-state index in [1.54, 1.807) is 18.2 Å². The van der Waals surface area contributed by atoms with Gasteiger partial charge in [-0.15, -0.1) is 0 Å². The van der Waals surface area contributed by atoms with Gasteiger partial charge in [-0.25, -0.2) is 8.42 Å². The zero-order chi connectivity index (χ0) is 25.7. The van der Waals surface area contributed by atoms with Crippen LogP contribution in [0.25, 0.3) is 0 Å². The molecule has 188 valence electrons. The second-order valence-electron chi connectivity index (χ2n) is 8.86. The van der Waals surface area contributed by atoms with E-state index in [-0.39, 0.29) is 22.3 Å². The van der Waals surface area contributed by atoms with Crippen LogP contribution < -0.4 is 9.62 Å². The Morgan fingerprint density at radius 2 is 1.67 bits per heavy atom. The van der Waals surface area contributed by atoms with Gasteiger partial charge in [-0.1, -0.05) is 43.3 Å². The lowest BCUT2D eigenvalue weighted by atomic mass is 9.89. The van der Waals surface area contributed by atoms with Crippen molar-refractivity contribution in [3.63, 3.8) is 0 Å². The molecule has 1 amide bonds. The predicted octanol–water partition coefficient (Wildman–Crippen LogP) is 4.94. The summed E-state index contributed by atoms with van der Waals surface area (Å²) in [7, 11) is -4.10. The molecule has 0 saturated carbocycles. The van der Waals surface area contributed by atoms with Crippen LogP contribution in [-0.2, 0) is 27.7 Å². The van der Waals surface area contributed by atoms with Crippen molar-refractivity contribution in [3.05, 3.63) is 99.6 Å². The first kappa shape index (κ1) is 25.4. The van der Waals surface area contributed by atoms with Gasteiger partial charge in [0.2, 0.25) is 5.91 Å². The highest BCUT2D eigenvalue weighted by molar-refractivity contribution is 7.92. The second-order valence-corrected chi connectivity index (χ2v) is 10.7. The molecule has 1 N–H and O–H groups in total. The van der Waals surface area contributed by atoms with Gasteiger partial charge in [0.1, 0.15) is 6.54 Å². The molecule has 3 aromatic rings. The zero-order valence-corrected chi connectivity index (χ0v) is 20.9. The number of amides is 1. The molecule has 8 nitrogen and oxygen atoms in total. The third kappa shape index (κ3) is 5.57. The van der Waals surface area contributed by atoms with E-state index in [1.807, 2.05) is 13.0 Å². The number of fused-ring (bicyclic) bond motifs is 1. The van der Waals surface area contributed by atoms with Gasteiger partial charge in [0, 0.05) is 12.1 Å². The smallest absolute Gasteiger partial charge is 0.269 e. The minimum atomic E-state index is -4.10. The maximum atomic E-state index is 13.5. The van der Waals surface area contributed by atoms with Crippen LogP contribution >= 0.6 is 0 Å². The summed E-state index contributed by atoms with van der Waals surface area (Å²) >= 11 is 0. The molecular weight excluding hydrogens is 478 g/mol. The monoisotopic (exact) mass is 507 g/mol. The van der Waals surface area contributed by atoms with Crippen molar-refractivity contribution in [2.24, 2.45) is 0 Å². The van der Waals surface area contributed by atoms with E-state index >= 15 is 0 Å². The number of rotatable bonds is 9. The molecule has 9 heteroatoms. The van der Waals surface area contributed by atoms with Gasteiger partial charge in [0.05, 0.1) is 21.5 Å². The number of carbonyl (C=O) groups excluding carboxylic acids is 1. The topological polar surface area (TPSA) is 110 Å². The average molecular weight is 508 g/mol. The number of benzene rings is 3. The van der Waals surface area contributed by atoms with Crippen molar-refractivity contribution in [3.8, 4) is 0 Å². The number of nitrogens with one attached hydrogen (secondary N) is 1. The van der Waals surface area contributed by atoms with Crippen LogP contribution in [0, 0.1) is 10.1 Å². The van der Waals surface area contributed by atoms with Gasteiger partial charge >= 0.3 is 0 Å². The van der Waals surface area contributed by atoms with Crippen LogP contribution in [0.2, 0.25) is 0 Å². The summed E-state index contributed by atoms with van der Waals surface area (Å²) in [6, 6.07) is 19.0. The summed E-state index contributed by atoms with van der Waals surface area (Å²) in [4.78, 5) is 23.7. The highest BCUT2D eigenvalue weighted by Gasteiger charge is 2.28. The summed E-state index contributed by atoms with van der Waals surface area (Å²) in [5, 5.41) is 14.1. The molecule has 0 bridgehead atoms. The van der Waals surface area contributed by atoms with Crippen LogP contribution in [0.1, 0.15) is 48.9 Å². The SMILES string of the molecule is CCC(NC(=O)CN(c1ccc([N+](=O)[O-])cc1)S(=O)(=O)c1ccccc1)c1ccc2c(c1)CCCC2. The summed E-state index contributed by atoms with van der Waals surface area (Å²) in [6.45, 7) is 1.51. The van der Waals surface area contributed by atoms with E-state index in [0.717, 1.165) is 29.1 Å². The van der Waals surface area contributed by atoms with Gasteiger partial charge in [0.25, 0.3) is 15.7 Å². The Hall–Kier alpha value is -3.72. The van der Waals surface area contributed by atoms with E-state index in [1.165, 1.54) is 53.9 Å². The van der Waals surface area contributed by atoms with Crippen LogP contribution in [0.3, 0.4) is 0 Å². The second kappa shape index (κ2) is 10.9. The fourth-order valence-corrected chi connectivity index (χ4v) is 5.98. The van der Waals surface area contributed by atoms with Crippen molar-refractivity contribution in [1.82, 2.24) is 5.32 Å². The van der Waals surface area contributed by atoms with Gasteiger partial charge < -0.3 is 5.32 Å². The largest absolute Gasteiger partial charge is 0.348 e. The molecule has 0 aromatic heterocycles. The lowest BCUT2D eigenvalue weighted by Gasteiger charge is -2.26. The molecule has 0 heterocycles. The number of hydrogen-bond donors (Lipinski definition) is 1. The number of aryl methyl sites for hydroxylation is 2. The Morgan fingerprint density at radius 3 is 2.31 bits per heavy atom. The Kier molecular flexibility index (Phi) is 7.69. The lowest BCUT2D eigenvalue weighted by molar-refractivity contribution is -0.384. The maximum absolute atomic E-state index is 13.5. The zero-order valence-electron chi connectivity index (χ0n) is 20.1. The number of nitrogens with zero attached hydrogens (tertiary/aromatic N) is 2. The number of carbonyl (C=O) groups is 1. The molecule has 1 unspecified atom stereocenters. The van der Waals surface area contributed by atoms with Crippen molar-refractivity contribution in [2.45, 2.75) is 50.0 Å². The molecule has 4 rings (SSSR count). The van der Waals surface area contributed by atoms with E-state index in [4.69, 9.17) is 0 Å². The first-order valence-electron chi connectivity index (χ1n) is 12.0. The number of anilines is 1. The first-order chi connectivity index (χ1) is 17.3. The Morgan fingerprint density at radius 1 is 1.00 bits per heavy atom. The van der Waals surface area contributed by atoms with Crippen molar-refractivity contribution >= 4 is 27.3 Å². The Balaban J connectivity index is 1.60. The van der Waals surface area contributed by atoms with Crippen molar-refractivity contribution < 1.29 is 18.1 Å². The molecule has 3 aromatic carbocycles. The summed E-state index contributed by atoms with van der Waals surface area (Å²) in [5.74, 6) is -0.461. The number of nitro groups is 1.